The molecule has 2 heterocycles. The molecule has 1 aliphatic heterocycles. The van der Waals surface area contributed by atoms with Gasteiger partial charge in [0.2, 0.25) is 10.0 Å². The van der Waals surface area contributed by atoms with Gasteiger partial charge in [-0.25, -0.2) is 8.42 Å². The molecular formula is C9H17N5O2S. The van der Waals surface area contributed by atoms with E-state index in [9.17, 15) is 8.42 Å². The molecule has 0 spiro atoms. The van der Waals surface area contributed by atoms with Crippen LogP contribution >= 0.6 is 0 Å². The highest BCUT2D eigenvalue weighted by Gasteiger charge is 2.32. The van der Waals surface area contributed by atoms with E-state index in [1.165, 1.54) is 4.31 Å². The minimum Gasteiger partial charge on any atom is -0.329 e. The lowest BCUT2D eigenvalue weighted by Crippen LogP contribution is -2.45. The van der Waals surface area contributed by atoms with Gasteiger partial charge in [-0.15, -0.1) is 10.2 Å². The summed E-state index contributed by atoms with van der Waals surface area (Å²) < 4.78 is 27.9. The number of sulfonamides is 1. The highest BCUT2D eigenvalue weighted by molar-refractivity contribution is 7.89. The van der Waals surface area contributed by atoms with Crippen LogP contribution in [0.4, 0.5) is 0 Å². The van der Waals surface area contributed by atoms with Gasteiger partial charge in [0.25, 0.3) is 0 Å². The van der Waals surface area contributed by atoms with Crippen LogP contribution in [0, 0.1) is 0 Å². The molecular weight excluding hydrogens is 242 g/mol. The van der Waals surface area contributed by atoms with Gasteiger partial charge in [0.05, 0.1) is 11.8 Å². The second-order valence-electron chi connectivity index (χ2n) is 4.09. The number of aromatic nitrogens is 3. The van der Waals surface area contributed by atoms with Crippen LogP contribution < -0.4 is 5.73 Å². The highest BCUT2D eigenvalue weighted by atomic mass is 32.2. The van der Waals surface area contributed by atoms with Crippen LogP contribution in [-0.4, -0.2) is 45.8 Å². The molecule has 0 amide bonds. The molecule has 96 valence electrons. The lowest BCUT2D eigenvalue weighted by molar-refractivity contribution is 0.330. The maximum Gasteiger partial charge on any atom is 0.218 e. The molecule has 1 atom stereocenters. The van der Waals surface area contributed by atoms with E-state index in [4.69, 9.17) is 5.73 Å². The third kappa shape index (κ3) is 2.20. The first-order chi connectivity index (χ1) is 8.09. The Labute approximate surface area is 101 Å². The summed E-state index contributed by atoms with van der Waals surface area (Å²) >= 11 is 0. The quantitative estimate of drug-likeness (QED) is 0.761. The molecule has 1 aromatic heterocycles. The van der Waals surface area contributed by atoms with Crippen molar-refractivity contribution in [2.75, 3.05) is 13.1 Å². The van der Waals surface area contributed by atoms with Crippen molar-refractivity contribution in [3.63, 3.8) is 0 Å². The monoisotopic (exact) mass is 259 g/mol. The Bertz CT molecular complexity index is 479. The Morgan fingerprint density at radius 1 is 1.53 bits per heavy atom. The van der Waals surface area contributed by atoms with Crippen LogP contribution in [0.2, 0.25) is 0 Å². The third-order valence-corrected chi connectivity index (χ3v) is 5.50. The fourth-order valence-electron chi connectivity index (χ4n) is 1.97. The molecule has 17 heavy (non-hydrogen) atoms. The predicted molar refractivity (Wildman–Crippen MR) is 62.5 cm³/mol. The zero-order chi connectivity index (χ0) is 12.5. The Hall–Kier alpha value is -0.990. The van der Waals surface area contributed by atoms with Gasteiger partial charge in [-0.3, -0.25) is 0 Å². The van der Waals surface area contributed by atoms with Gasteiger partial charge in [0.1, 0.15) is 12.2 Å². The minimum atomic E-state index is -3.32. The topological polar surface area (TPSA) is 94.1 Å². The van der Waals surface area contributed by atoms with Crippen LogP contribution in [0.3, 0.4) is 0 Å². The Kier molecular flexibility index (Phi) is 3.45. The van der Waals surface area contributed by atoms with E-state index in [1.807, 2.05) is 11.5 Å². The van der Waals surface area contributed by atoms with Gasteiger partial charge in [0.15, 0.2) is 0 Å². The van der Waals surface area contributed by atoms with Crippen LogP contribution in [0.25, 0.3) is 0 Å². The predicted octanol–water partition coefficient (Wildman–Crippen LogP) is -0.839. The summed E-state index contributed by atoms with van der Waals surface area (Å²) in [6.45, 7) is 3.34. The summed E-state index contributed by atoms with van der Waals surface area (Å²) in [5.41, 5.74) is 5.51. The molecule has 0 aliphatic carbocycles. The lowest BCUT2D eigenvalue weighted by atomic mass is 10.3. The molecule has 1 unspecified atom stereocenters. The summed E-state index contributed by atoms with van der Waals surface area (Å²) in [6, 6.07) is 0. The Morgan fingerprint density at radius 2 is 2.29 bits per heavy atom. The zero-order valence-corrected chi connectivity index (χ0v) is 10.6. The first-order valence-corrected chi connectivity index (χ1v) is 7.15. The Morgan fingerprint density at radius 3 is 2.94 bits per heavy atom. The normalized spacial score (nSPS) is 18.9. The van der Waals surface area contributed by atoms with Crippen LogP contribution in [0.15, 0.2) is 6.33 Å². The van der Waals surface area contributed by atoms with Crippen molar-refractivity contribution in [1.29, 1.82) is 0 Å². The van der Waals surface area contributed by atoms with Crippen LogP contribution in [0.5, 0.6) is 0 Å². The van der Waals surface area contributed by atoms with E-state index in [0.717, 1.165) is 0 Å². The molecule has 0 aromatic carbocycles. The van der Waals surface area contributed by atoms with Gasteiger partial charge < -0.3 is 10.3 Å². The number of nitrogens with two attached hydrogens (primary N) is 1. The van der Waals surface area contributed by atoms with Gasteiger partial charge in [0, 0.05) is 19.6 Å². The van der Waals surface area contributed by atoms with E-state index in [2.05, 4.69) is 10.2 Å². The van der Waals surface area contributed by atoms with E-state index < -0.39 is 15.3 Å². The fourth-order valence-corrected chi connectivity index (χ4v) is 3.69. The number of hydrogen-bond acceptors (Lipinski definition) is 5. The summed E-state index contributed by atoms with van der Waals surface area (Å²) in [5.74, 6) is 0.687. The molecule has 2 N–H and O–H groups in total. The molecule has 1 aliphatic rings. The van der Waals surface area contributed by atoms with E-state index in [0.29, 0.717) is 31.9 Å². The summed E-state index contributed by atoms with van der Waals surface area (Å²) in [7, 11) is -3.32. The largest absolute Gasteiger partial charge is 0.329 e. The number of fused-ring (bicyclic) bond motifs is 1. The highest BCUT2D eigenvalue weighted by Crippen LogP contribution is 2.18. The van der Waals surface area contributed by atoms with Crippen LogP contribution in [-0.2, 0) is 23.1 Å². The molecule has 8 heteroatoms. The molecule has 0 saturated carbocycles. The second kappa shape index (κ2) is 4.71. The van der Waals surface area contributed by atoms with Crippen molar-refractivity contribution < 1.29 is 8.42 Å². The fraction of sp³-hybridized carbons (Fsp3) is 0.778. The summed E-state index contributed by atoms with van der Waals surface area (Å²) in [4.78, 5) is 0. The second-order valence-corrected chi connectivity index (χ2v) is 6.30. The number of nitrogens with zero attached hydrogens (tertiary/aromatic N) is 4. The number of hydrogen-bond donors (Lipinski definition) is 1. The first-order valence-electron chi connectivity index (χ1n) is 5.65. The van der Waals surface area contributed by atoms with Crippen molar-refractivity contribution in [2.24, 2.45) is 5.73 Å². The summed E-state index contributed by atoms with van der Waals surface area (Å²) in [6.07, 6.45) is 2.15. The maximum atomic E-state index is 12.3. The van der Waals surface area contributed by atoms with Gasteiger partial charge in [-0.05, 0) is 6.42 Å². The number of rotatable bonds is 4. The average molecular weight is 259 g/mol. The van der Waals surface area contributed by atoms with Crippen LogP contribution in [0.1, 0.15) is 19.2 Å². The van der Waals surface area contributed by atoms with Crippen molar-refractivity contribution in [2.45, 2.75) is 31.7 Å². The molecule has 0 fully saturated rings. The third-order valence-electron chi connectivity index (χ3n) is 3.10. The molecule has 0 saturated heterocycles. The van der Waals surface area contributed by atoms with E-state index >= 15 is 0 Å². The van der Waals surface area contributed by atoms with Crippen molar-refractivity contribution >= 4 is 10.0 Å². The Balaban J connectivity index is 2.20. The molecule has 2 rings (SSSR count). The van der Waals surface area contributed by atoms with Gasteiger partial charge in [-0.2, -0.15) is 4.31 Å². The van der Waals surface area contributed by atoms with Crippen molar-refractivity contribution in [3.8, 4) is 0 Å². The lowest BCUT2D eigenvalue weighted by Gasteiger charge is -2.29. The van der Waals surface area contributed by atoms with E-state index in [-0.39, 0.29) is 6.54 Å². The molecule has 0 bridgehead atoms. The smallest absolute Gasteiger partial charge is 0.218 e. The minimum absolute atomic E-state index is 0.155. The molecule has 7 nitrogen and oxygen atoms in total. The zero-order valence-electron chi connectivity index (χ0n) is 9.78. The van der Waals surface area contributed by atoms with E-state index in [1.54, 1.807) is 6.33 Å². The summed E-state index contributed by atoms with van der Waals surface area (Å²) in [5, 5.41) is 7.18. The van der Waals surface area contributed by atoms with Crippen molar-refractivity contribution in [3.05, 3.63) is 12.2 Å². The SMILES string of the molecule is CCC(CN)S(=O)(=O)N1CCn2cnnc2C1. The molecule has 1 aromatic rings. The first kappa shape index (κ1) is 12.5. The standard InChI is InChI=1S/C9H17N5O2S/c1-2-8(5-10)17(15,16)14-4-3-13-7-11-12-9(13)6-14/h7-8H,2-6,10H2,1H3. The van der Waals surface area contributed by atoms with Gasteiger partial charge in [-0.1, -0.05) is 6.92 Å². The molecule has 0 radical (unpaired) electrons. The van der Waals surface area contributed by atoms with Gasteiger partial charge >= 0.3 is 0 Å². The average Bonchev–Trinajstić information content (AvgIpc) is 2.77. The van der Waals surface area contributed by atoms with Crippen molar-refractivity contribution in [1.82, 2.24) is 19.1 Å². The maximum absolute atomic E-state index is 12.3.